The van der Waals surface area contributed by atoms with Crippen LogP contribution < -0.4 is 5.32 Å². The van der Waals surface area contributed by atoms with Crippen LogP contribution in [0.15, 0.2) is 143 Å². The van der Waals surface area contributed by atoms with Crippen LogP contribution in [-0.4, -0.2) is 27.9 Å². The quantitative estimate of drug-likeness (QED) is 0.0548. The summed E-state index contributed by atoms with van der Waals surface area (Å²) in [5.74, 6) is -11.5. The molecule has 1 aliphatic rings. The number of aromatic nitrogens is 1. The van der Waals surface area contributed by atoms with Crippen LogP contribution in [0.2, 0.25) is 0 Å². The van der Waals surface area contributed by atoms with Crippen molar-refractivity contribution in [1.29, 1.82) is 0 Å². The van der Waals surface area contributed by atoms with Crippen LogP contribution in [0.1, 0.15) is 51.4 Å². The Balaban J connectivity index is 1.02. The maximum atomic E-state index is 14.3. The molecule has 1 amide bonds. The molecule has 2 heterocycles. The SMILES string of the molecule is O=C(NCc1ccccc1-c1ccc(C2OC(CSc3nc(-c4ccccc4)c(-c4ccccc4)o3)CC(c3ccc(CO)cc3)O2)cc1)c1c(F)c(F)c(F)c(F)c1F. The van der Waals surface area contributed by atoms with E-state index in [0.717, 1.165) is 33.5 Å². The predicted octanol–water partition coefficient (Wildman–Crippen LogP) is 11.1. The van der Waals surface area contributed by atoms with Crippen LogP contribution in [0, 0.1) is 29.1 Å². The molecule has 0 radical (unpaired) electrons. The fourth-order valence-electron chi connectivity index (χ4n) is 6.97. The Hall–Kier alpha value is -6.12. The fraction of sp³-hybridized carbons (Fsp3) is 0.149. The number of nitrogens with zero attached hydrogens (tertiary/aromatic N) is 1. The molecule has 6 aromatic carbocycles. The lowest BCUT2D eigenvalue weighted by atomic mass is 9.97. The van der Waals surface area contributed by atoms with E-state index in [2.05, 4.69) is 5.32 Å². The van der Waals surface area contributed by atoms with Gasteiger partial charge in [-0.3, -0.25) is 4.79 Å². The van der Waals surface area contributed by atoms with Crippen molar-refractivity contribution in [2.75, 3.05) is 5.75 Å². The molecule has 1 aromatic heterocycles. The number of aliphatic hydroxyl groups is 1. The number of carbonyl (C=O) groups excluding carboxylic acids is 1. The van der Waals surface area contributed by atoms with Crippen molar-refractivity contribution in [3.05, 3.63) is 190 Å². The Labute approximate surface area is 345 Å². The molecule has 2 N–H and O–H groups in total. The highest BCUT2D eigenvalue weighted by Gasteiger charge is 2.33. The smallest absolute Gasteiger partial charge is 0.257 e. The first-order valence-electron chi connectivity index (χ1n) is 18.9. The molecule has 8 rings (SSSR count). The van der Waals surface area contributed by atoms with Crippen molar-refractivity contribution in [3.63, 3.8) is 0 Å². The van der Waals surface area contributed by atoms with Gasteiger partial charge < -0.3 is 24.3 Å². The highest BCUT2D eigenvalue weighted by atomic mass is 32.2. The zero-order chi connectivity index (χ0) is 41.8. The number of thioether (sulfide) groups is 1. The predicted molar refractivity (Wildman–Crippen MR) is 216 cm³/mol. The molecule has 0 spiro atoms. The van der Waals surface area contributed by atoms with E-state index in [0.29, 0.717) is 39.8 Å². The van der Waals surface area contributed by atoms with Gasteiger partial charge in [0, 0.05) is 35.4 Å². The lowest BCUT2D eigenvalue weighted by molar-refractivity contribution is -0.245. The zero-order valence-corrected chi connectivity index (χ0v) is 32.4. The second-order valence-corrected chi connectivity index (χ2v) is 14.9. The van der Waals surface area contributed by atoms with Crippen molar-refractivity contribution in [3.8, 4) is 33.7 Å². The van der Waals surface area contributed by atoms with Crippen LogP contribution in [0.5, 0.6) is 0 Å². The van der Waals surface area contributed by atoms with Crippen LogP contribution in [0.4, 0.5) is 22.0 Å². The molecule has 60 heavy (non-hydrogen) atoms. The molecule has 304 valence electrons. The summed E-state index contributed by atoms with van der Waals surface area (Å²) < 4.78 is 89.3. The van der Waals surface area contributed by atoms with Crippen LogP contribution >= 0.6 is 11.8 Å². The summed E-state index contributed by atoms with van der Waals surface area (Å²) in [4.78, 5) is 17.6. The number of ether oxygens (including phenoxy) is 2. The maximum Gasteiger partial charge on any atom is 0.257 e. The Morgan fingerprint density at radius 2 is 1.28 bits per heavy atom. The van der Waals surface area contributed by atoms with Gasteiger partial charge in [0.2, 0.25) is 5.82 Å². The van der Waals surface area contributed by atoms with Gasteiger partial charge in [0.05, 0.1) is 18.8 Å². The van der Waals surface area contributed by atoms with Gasteiger partial charge in [-0.1, -0.05) is 145 Å². The van der Waals surface area contributed by atoms with Gasteiger partial charge >= 0.3 is 0 Å². The van der Waals surface area contributed by atoms with Gasteiger partial charge in [0.15, 0.2) is 35.3 Å². The number of hydrogen-bond acceptors (Lipinski definition) is 7. The Bertz CT molecular complexity index is 2530. The second-order valence-electron chi connectivity index (χ2n) is 14.0. The van der Waals surface area contributed by atoms with E-state index in [1.54, 1.807) is 24.3 Å². The second kappa shape index (κ2) is 18.0. The fourth-order valence-corrected chi connectivity index (χ4v) is 7.81. The number of hydrogen-bond donors (Lipinski definition) is 2. The third-order valence-electron chi connectivity index (χ3n) is 10.1. The number of benzene rings is 6. The number of rotatable bonds is 12. The first kappa shape index (κ1) is 40.7. The number of amides is 1. The van der Waals surface area contributed by atoms with Gasteiger partial charge in [0.1, 0.15) is 11.3 Å². The zero-order valence-electron chi connectivity index (χ0n) is 31.6. The average molecular weight is 835 g/mol. The summed E-state index contributed by atoms with van der Waals surface area (Å²) in [6.07, 6.45) is -0.901. The molecule has 1 aliphatic heterocycles. The Morgan fingerprint density at radius 1 is 0.683 bits per heavy atom. The van der Waals surface area contributed by atoms with Crippen LogP contribution in [0.3, 0.4) is 0 Å². The molecule has 7 aromatic rings. The third kappa shape index (κ3) is 8.61. The summed E-state index contributed by atoms with van der Waals surface area (Å²) in [7, 11) is 0. The van der Waals surface area contributed by atoms with Crippen molar-refractivity contribution in [2.24, 2.45) is 0 Å². The molecule has 1 saturated heterocycles. The van der Waals surface area contributed by atoms with E-state index in [1.807, 2.05) is 109 Å². The Morgan fingerprint density at radius 3 is 1.95 bits per heavy atom. The molecule has 7 nitrogen and oxygen atoms in total. The number of carbonyl (C=O) groups is 1. The van der Waals surface area contributed by atoms with Crippen molar-refractivity contribution in [2.45, 2.75) is 43.3 Å². The molecule has 1 fully saturated rings. The van der Waals surface area contributed by atoms with E-state index in [4.69, 9.17) is 18.9 Å². The summed E-state index contributed by atoms with van der Waals surface area (Å²) in [6.45, 7) is -0.360. The van der Waals surface area contributed by atoms with E-state index >= 15 is 0 Å². The summed E-state index contributed by atoms with van der Waals surface area (Å²) >= 11 is 1.45. The van der Waals surface area contributed by atoms with Crippen LogP contribution in [-0.2, 0) is 22.6 Å². The highest BCUT2D eigenvalue weighted by Crippen LogP contribution is 2.41. The molecule has 3 unspecified atom stereocenters. The van der Waals surface area contributed by atoms with E-state index in [-0.39, 0.29) is 25.4 Å². The minimum atomic E-state index is -2.34. The third-order valence-corrected chi connectivity index (χ3v) is 11.0. The van der Waals surface area contributed by atoms with Gasteiger partial charge in [-0.05, 0) is 27.8 Å². The number of oxazole rings is 1. The van der Waals surface area contributed by atoms with Crippen LogP contribution in [0.25, 0.3) is 33.7 Å². The van der Waals surface area contributed by atoms with Gasteiger partial charge in [0.25, 0.3) is 11.1 Å². The number of halogens is 5. The molecular formula is C47H35F5N2O5S. The van der Waals surface area contributed by atoms with E-state index < -0.39 is 46.8 Å². The maximum absolute atomic E-state index is 14.3. The standard InChI is InChI=1S/C47H35F5N2O5S/c48-38-37(39(49)41(51)42(52)40(38)50)45(56)53-24-33-13-7-8-14-35(33)28-19-21-32(22-20-28)46-57-34(23-36(58-46)29-17-15-27(25-55)16-18-29)26-60-47-54-43(30-9-3-1-4-10-30)44(59-47)31-11-5-2-6-12-31/h1-22,34,36,46,55H,23-26H2,(H,53,56). The number of aliphatic hydroxyl groups excluding tert-OH is 1. The normalized spacial score (nSPS) is 16.5. The molecule has 0 saturated carbocycles. The summed E-state index contributed by atoms with van der Waals surface area (Å²) in [5, 5.41) is 12.4. The average Bonchev–Trinajstić information content (AvgIpc) is 3.74. The van der Waals surface area contributed by atoms with Gasteiger partial charge in [-0.2, -0.15) is 0 Å². The Kier molecular flexibility index (Phi) is 12.2. The first-order chi connectivity index (χ1) is 29.2. The van der Waals surface area contributed by atoms with Crippen molar-refractivity contribution in [1.82, 2.24) is 10.3 Å². The lowest BCUT2D eigenvalue weighted by Gasteiger charge is -2.36. The molecule has 0 aliphatic carbocycles. The first-order valence-corrected chi connectivity index (χ1v) is 19.9. The van der Waals surface area contributed by atoms with E-state index in [9.17, 15) is 31.9 Å². The monoisotopic (exact) mass is 834 g/mol. The molecular weight excluding hydrogens is 800 g/mol. The minimum Gasteiger partial charge on any atom is -0.431 e. The van der Waals surface area contributed by atoms with E-state index in [1.165, 1.54) is 11.8 Å². The summed E-state index contributed by atoms with van der Waals surface area (Å²) in [5.41, 5.74) is 5.31. The topological polar surface area (TPSA) is 93.8 Å². The highest BCUT2D eigenvalue weighted by molar-refractivity contribution is 7.99. The summed E-state index contributed by atoms with van der Waals surface area (Å²) in [6, 6.07) is 41.5. The van der Waals surface area contributed by atoms with Gasteiger partial charge in [-0.15, -0.1) is 0 Å². The van der Waals surface area contributed by atoms with Crippen molar-refractivity contribution >= 4 is 17.7 Å². The molecule has 0 bridgehead atoms. The molecule has 3 atom stereocenters. The van der Waals surface area contributed by atoms with Gasteiger partial charge in [-0.25, -0.2) is 26.9 Å². The minimum absolute atomic E-state index is 0.0872. The van der Waals surface area contributed by atoms with Crippen molar-refractivity contribution < 1.29 is 45.7 Å². The number of nitrogens with one attached hydrogen (secondary N) is 1. The molecule has 13 heteroatoms. The lowest BCUT2D eigenvalue weighted by Crippen LogP contribution is -2.31. The largest absolute Gasteiger partial charge is 0.431 e.